The monoisotopic (exact) mass is 475 g/mol. The highest BCUT2D eigenvalue weighted by Crippen LogP contribution is 2.24. The molecule has 2 aromatic rings. The molecule has 1 saturated heterocycles. The maximum atomic E-state index is 12.6. The zero-order valence-electron chi connectivity index (χ0n) is 19.5. The van der Waals surface area contributed by atoms with Crippen molar-refractivity contribution in [2.45, 2.75) is 33.0 Å². The van der Waals surface area contributed by atoms with Gasteiger partial charge in [-0.05, 0) is 37.1 Å². The second-order valence-corrected chi connectivity index (χ2v) is 10.3. The van der Waals surface area contributed by atoms with Crippen LogP contribution in [0.4, 0.5) is 5.69 Å². The number of nitrogens with one attached hydrogen (secondary N) is 1. The molecule has 1 N–H and O–H groups in total. The Balaban J connectivity index is 1.61. The van der Waals surface area contributed by atoms with Gasteiger partial charge in [-0.3, -0.25) is 14.0 Å². The first kappa shape index (κ1) is 25.0. The van der Waals surface area contributed by atoms with Crippen molar-refractivity contribution in [3.8, 4) is 5.75 Å². The van der Waals surface area contributed by atoms with Crippen molar-refractivity contribution in [2.75, 3.05) is 43.4 Å². The summed E-state index contributed by atoms with van der Waals surface area (Å²) in [5, 5.41) is 2.84. The number of hydrogen-bond acceptors (Lipinski definition) is 6. The lowest BCUT2D eigenvalue weighted by atomic mass is 10.1. The number of amides is 1. The molecule has 0 spiro atoms. The standard InChI is InChI=1S/C24H33N3O5S/c1-19(2)32-23-9-5-8-22(15-23)27(33(3,29)30)18-24(28)25-16-20-6-4-7-21(14-20)17-26-10-12-31-13-11-26/h4-9,14-15,19H,10-13,16-18H2,1-3H3,(H,25,28). The lowest BCUT2D eigenvalue weighted by Crippen LogP contribution is -2.40. The third-order valence-electron chi connectivity index (χ3n) is 5.16. The van der Waals surface area contributed by atoms with Crippen LogP contribution in [-0.4, -0.2) is 64.4 Å². The Kier molecular flexibility index (Phi) is 8.71. The Morgan fingerprint density at radius 2 is 1.82 bits per heavy atom. The number of nitrogens with zero attached hydrogens (tertiary/aromatic N) is 2. The van der Waals surface area contributed by atoms with Crippen molar-refractivity contribution in [2.24, 2.45) is 0 Å². The van der Waals surface area contributed by atoms with Crippen LogP contribution in [0.1, 0.15) is 25.0 Å². The highest BCUT2D eigenvalue weighted by atomic mass is 32.2. The molecule has 0 unspecified atom stereocenters. The first-order chi connectivity index (χ1) is 15.7. The maximum absolute atomic E-state index is 12.6. The lowest BCUT2D eigenvalue weighted by molar-refractivity contribution is -0.119. The van der Waals surface area contributed by atoms with Crippen LogP contribution in [-0.2, 0) is 32.6 Å². The zero-order chi connectivity index (χ0) is 23.8. The molecule has 1 amide bonds. The molecule has 0 bridgehead atoms. The van der Waals surface area contributed by atoms with Gasteiger partial charge in [-0.15, -0.1) is 0 Å². The van der Waals surface area contributed by atoms with E-state index in [1.54, 1.807) is 24.3 Å². The molecule has 0 radical (unpaired) electrons. The van der Waals surface area contributed by atoms with E-state index in [9.17, 15) is 13.2 Å². The largest absolute Gasteiger partial charge is 0.491 e. The van der Waals surface area contributed by atoms with Gasteiger partial charge < -0.3 is 14.8 Å². The summed E-state index contributed by atoms with van der Waals surface area (Å²) in [6, 6.07) is 14.8. The molecule has 2 aromatic carbocycles. The van der Waals surface area contributed by atoms with E-state index >= 15 is 0 Å². The van der Waals surface area contributed by atoms with E-state index in [2.05, 4.69) is 22.3 Å². The van der Waals surface area contributed by atoms with Crippen LogP contribution in [0, 0.1) is 0 Å². The molecule has 9 heteroatoms. The van der Waals surface area contributed by atoms with E-state index in [0.29, 0.717) is 18.0 Å². The highest BCUT2D eigenvalue weighted by molar-refractivity contribution is 7.92. The van der Waals surface area contributed by atoms with E-state index in [-0.39, 0.29) is 18.6 Å². The summed E-state index contributed by atoms with van der Waals surface area (Å²) in [6.07, 6.45) is 1.04. The van der Waals surface area contributed by atoms with Crippen molar-refractivity contribution in [1.29, 1.82) is 0 Å². The third kappa shape index (κ3) is 8.03. The average molecular weight is 476 g/mol. The minimum atomic E-state index is -3.66. The topological polar surface area (TPSA) is 88.2 Å². The number of rotatable bonds is 10. The SMILES string of the molecule is CC(C)Oc1cccc(N(CC(=O)NCc2cccc(CN3CCOCC3)c2)S(C)(=O)=O)c1. The molecule has 0 atom stereocenters. The lowest BCUT2D eigenvalue weighted by Gasteiger charge is -2.26. The van der Waals surface area contributed by atoms with Gasteiger partial charge in [-0.2, -0.15) is 0 Å². The van der Waals surface area contributed by atoms with Crippen LogP contribution >= 0.6 is 0 Å². The van der Waals surface area contributed by atoms with Crippen LogP contribution in [0.25, 0.3) is 0 Å². The molecule has 1 fully saturated rings. The molecule has 1 aliphatic rings. The Morgan fingerprint density at radius 3 is 2.52 bits per heavy atom. The normalized spacial score (nSPS) is 14.8. The van der Waals surface area contributed by atoms with Gasteiger partial charge in [0, 0.05) is 32.2 Å². The fourth-order valence-electron chi connectivity index (χ4n) is 3.63. The minimum Gasteiger partial charge on any atom is -0.491 e. The second-order valence-electron chi connectivity index (χ2n) is 8.42. The Hall–Kier alpha value is -2.62. The molecule has 33 heavy (non-hydrogen) atoms. The summed E-state index contributed by atoms with van der Waals surface area (Å²) in [6.45, 7) is 7.95. The first-order valence-electron chi connectivity index (χ1n) is 11.1. The second kappa shape index (κ2) is 11.5. The summed E-state index contributed by atoms with van der Waals surface area (Å²) in [5.74, 6) is 0.169. The zero-order valence-corrected chi connectivity index (χ0v) is 20.3. The molecule has 1 aliphatic heterocycles. The van der Waals surface area contributed by atoms with Crippen LogP contribution in [0.2, 0.25) is 0 Å². The van der Waals surface area contributed by atoms with Crippen molar-refractivity contribution >= 4 is 21.6 Å². The first-order valence-corrected chi connectivity index (χ1v) is 12.9. The highest BCUT2D eigenvalue weighted by Gasteiger charge is 2.21. The Labute approximate surface area is 196 Å². The van der Waals surface area contributed by atoms with Gasteiger partial charge >= 0.3 is 0 Å². The molecular formula is C24H33N3O5S. The molecule has 0 aliphatic carbocycles. The van der Waals surface area contributed by atoms with Gasteiger partial charge in [-0.1, -0.05) is 30.3 Å². The molecule has 0 saturated carbocycles. The number of anilines is 1. The van der Waals surface area contributed by atoms with Crippen LogP contribution in [0.5, 0.6) is 5.75 Å². The Morgan fingerprint density at radius 1 is 1.12 bits per heavy atom. The molecule has 1 heterocycles. The third-order valence-corrected chi connectivity index (χ3v) is 6.30. The Bertz CT molecular complexity index is 1040. The van der Waals surface area contributed by atoms with E-state index in [4.69, 9.17) is 9.47 Å². The van der Waals surface area contributed by atoms with E-state index in [1.165, 1.54) is 5.56 Å². The molecule has 180 valence electrons. The van der Waals surface area contributed by atoms with E-state index in [0.717, 1.165) is 49.0 Å². The summed E-state index contributed by atoms with van der Waals surface area (Å²) in [4.78, 5) is 15.0. The fraction of sp³-hybridized carbons (Fsp3) is 0.458. The summed E-state index contributed by atoms with van der Waals surface area (Å²) in [5.41, 5.74) is 2.52. The van der Waals surface area contributed by atoms with Crippen LogP contribution < -0.4 is 14.4 Å². The molecule has 8 nitrogen and oxygen atoms in total. The molecule has 3 rings (SSSR count). The number of hydrogen-bond donors (Lipinski definition) is 1. The summed E-state index contributed by atoms with van der Waals surface area (Å²) in [7, 11) is -3.66. The number of ether oxygens (including phenoxy) is 2. The van der Waals surface area contributed by atoms with Gasteiger partial charge in [-0.25, -0.2) is 8.42 Å². The fourth-order valence-corrected chi connectivity index (χ4v) is 4.47. The van der Waals surface area contributed by atoms with Crippen molar-refractivity contribution < 1.29 is 22.7 Å². The van der Waals surface area contributed by atoms with Gasteiger partial charge in [0.25, 0.3) is 0 Å². The summed E-state index contributed by atoms with van der Waals surface area (Å²) < 4.78 is 36.9. The van der Waals surface area contributed by atoms with Gasteiger partial charge in [0.05, 0.1) is 31.3 Å². The van der Waals surface area contributed by atoms with Crippen LogP contribution in [0.3, 0.4) is 0 Å². The molecule has 0 aromatic heterocycles. The quantitative estimate of drug-likeness (QED) is 0.568. The smallest absolute Gasteiger partial charge is 0.241 e. The van der Waals surface area contributed by atoms with E-state index < -0.39 is 10.0 Å². The molecular weight excluding hydrogens is 442 g/mol. The number of benzene rings is 2. The minimum absolute atomic E-state index is 0.0470. The number of carbonyl (C=O) groups is 1. The van der Waals surface area contributed by atoms with Gasteiger partial charge in [0.15, 0.2) is 0 Å². The van der Waals surface area contributed by atoms with Gasteiger partial charge in [0.1, 0.15) is 12.3 Å². The maximum Gasteiger partial charge on any atom is 0.241 e. The van der Waals surface area contributed by atoms with E-state index in [1.807, 2.05) is 26.0 Å². The predicted molar refractivity (Wildman–Crippen MR) is 129 cm³/mol. The summed E-state index contributed by atoms with van der Waals surface area (Å²) >= 11 is 0. The number of carbonyl (C=O) groups excluding carboxylic acids is 1. The number of sulfonamides is 1. The van der Waals surface area contributed by atoms with Gasteiger partial charge in [0.2, 0.25) is 15.9 Å². The van der Waals surface area contributed by atoms with Crippen LogP contribution in [0.15, 0.2) is 48.5 Å². The number of morpholine rings is 1. The van der Waals surface area contributed by atoms with Crippen molar-refractivity contribution in [3.05, 3.63) is 59.7 Å². The average Bonchev–Trinajstić information content (AvgIpc) is 2.76. The predicted octanol–water partition coefficient (Wildman–Crippen LogP) is 2.39. The van der Waals surface area contributed by atoms with Crippen molar-refractivity contribution in [3.63, 3.8) is 0 Å². The van der Waals surface area contributed by atoms with Crippen molar-refractivity contribution in [1.82, 2.24) is 10.2 Å².